The van der Waals surface area contributed by atoms with Crippen LogP contribution in [-0.4, -0.2) is 42.0 Å². The molecule has 0 unspecified atom stereocenters. The number of aromatic nitrogens is 1. The lowest BCUT2D eigenvalue weighted by atomic mass is 10.1. The van der Waals surface area contributed by atoms with Crippen molar-refractivity contribution in [2.75, 3.05) is 31.1 Å². The van der Waals surface area contributed by atoms with E-state index in [0.29, 0.717) is 0 Å². The Labute approximate surface area is 167 Å². The summed E-state index contributed by atoms with van der Waals surface area (Å²) in [5.41, 5.74) is 2.00. The minimum absolute atomic E-state index is 0.121. The van der Waals surface area contributed by atoms with Crippen molar-refractivity contribution in [2.45, 2.75) is 10.6 Å². The summed E-state index contributed by atoms with van der Waals surface area (Å²) in [6, 6.07) is 18.4. The van der Waals surface area contributed by atoms with Gasteiger partial charge in [0.1, 0.15) is 0 Å². The number of piperazine rings is 1. The summed E-state index contributed by atoms with van der Waals surface area (Å²) in [4.78, 5) is 22.6. The van der Waals surface area contributed by atoms with Gasteiger partial charge in [-0.25, -0.2) is 4.98 Å². The molecule has 0 aliphatic carbocycles. The van der Waals surface area contributed by atoms with Crippen LogP contribution in [0.25, 0.3) is 0 Å². The highest BCUT2D eigenvalue weighted by molar-refractivity contribution is 7.98. The van der Waals surface area contributed by atoms with Gasteiger partial charge in [-0.1, -0.05) is 30.3 Å². The highest BCUT2D eigenvalue weighted by atomic mass is 32.2. The first-order valence-corrected chi connectivity index (χ1v) is 10.9. The largest absolute Gasteiger partial charge is 0.345 e. The van der Waals surface area contributed by atoms with E-state index in [9.17, 15) is 4.79 Å². The van der Waals surface area contributed by atoms with E-state index in [4.69, 9.17) is 0 Å². The molecule has 0 radical (unpaired) electrons. The Bertz CT molecular complexity index is 858. The molecule has 2 aromatic carbocycles. The van der Waals surface area contributed by atoms with Gasteiger partial charge in [-0.3, -0.25) is 4.79 Å². The molecule has 4 rings (SSSR count). The molecule has 1 aliphatic rings. The van der Waals surface area contributed by atoms with Gasteiger partial charge in [0.05, 0.1) is 0 Å². The van der Waals surface area contributed by atoms with E-state index < -0.39 is 0 Å². The zero-order valence-corrected chi connectivity index (χ0v) is 16.6. The number of thiazole rings is 1. The Morgan fingerprint density at radius 1 is 1.00 bits per heavy atom. The van der Waals surface area contributed by atoms with Crippen LogP contribution in [0.5, 0.6) is 0 Å². The van der Waals surface area contributed by atoms with Gasteiger partial charge >= 0.3 is 0 Å². The number of benzene rings is 2. The standard InChI is InChI=1S/C21H21N3OS2/c25-20(23-11-13-24(14-12-23)21-22-10-15-26-21)18-8-6-17(7-9-18)16-27-19-4-2-1-3-5-19/h1-10,15H,11-14,16H2. The fourth-order valence-corrected chi connectivity index (χ4v) is 4.65. The van der Waals surface area contributed by atoms with Crippen molar-refractivity contribution in [3.05, 3.63) is 77.3 Å². The number of amides is 1. The van der Waals surface area contributed by atoms with Crippen LogP contribution in [0.3, 0.4) is 0 Å². The highest BCUT2D eigenvalue weighted by Crippen LogP contribution is 2.23. The monoisotopic (exact) mass is 395 g/mol. The van der Waals surface area contributed by atoms with Crippen LogP contribution in [-0.2, 0) is 5.75 Å². The fraction of sp³-hybridized carbons (Fsp3) is 0.238. The summed E-state index contributed by atoms with van der Waals surface area (Å²) in [5.74, 6) is 1.03. The van der Waals surface area contributed by atoms with E-state index >= 15 is 0 Å². The molecule has 1 aromatic heterocycles. The molecule has 27 heavy (non-hydrogen) atoms. The van der Waals surface area contributed by atoms with Gasteiger partial charge in [-0.2, -0.15) is 0 Å². The molecule has 0 bridgehead atoms. The van der Waals surface area contributed by atoms with Gasteiger partial charge in [0, 0.05) is 54.0 Å². The zero-order valence-electron chi connectivity index (χ0n) is 15.0. The van der Waals surface area contributed by atoms with E-state index in [1.54, 1.807) is 11.3 Å². The maximum absolute atomic E-state index is 12.8. The zero-order chi connectivity index (χ0) is 18.5. The average Bonchev–Trinajstić information content (AvgIpc) is 3.28. The van der Waals surface area contributed by atoms with E-state index in [1.165, 1.54) is 10.5 Å². The maximum atomic E-state index is 12.8. The molecule has 0 saturated carbocycles. The lowest BCUT2D eigenvalue weighted by Gasteiger charge is -2.34. The van der Waals surface area contributed by atoms with Crippen LogP contribution in [0.15, 0.2) is 71.1 Å². The smallest absolute Gasteiger partial charge is 0.253 e. The molecule has 138 valence electrons. The van der Waals surface area contributed by atoms with Crippen molar-refractivity contribution < 1.29 is 4.79 Å². The second-order valence-electron chi connectivity index (χ2n) is 6.39. The van der Waals surface area contributed by atoms with Crippen molar-refractivity contribution in [2.24, 2.45) is 0 Å². The summed E-state index contributed by atoms with van der Waals surface area (Å²) in [6.07, 6.45) is 1.83. The summed E-state index contributed by atoms with van der Waals surface area (Å²) in [6.45, 7) is 3.16. The Morgan fingerprint density at radius 3 is 2.41 bits per heavy atom. The highest BCUT2D eigenvalue weighted by Gasteiger charge is 2.23. The Morgan fingerprint density at radius 2 is 1.74 bits per heavy atom. The predicted octanol–water partition coefficient (Wildman–Crippen LogP) is 4.40. The minimum Gasteiger partial charge on any atom is -0.345 e. The molecule has 1 aliphatic heterocycles. The first-order valence-electron chi connectivity index (χ1n) is 9.00. The number of rotatable bonds is 5. The molecule has 0 atom stereocenters. The van der Waals surface area contributed by atoms with Gasteiger partial charge in [0.2, 0.25) is 0 Å². The number of hydrogen-bond donors (Lipinski definition) is 0. The van der Waals surface area contributed by atoms with E-state index in [1.807, 2.05) is 46.4 Å². The van der Waals surface area contributed by atoms with E-state index in [-0.39, 0.29) is 5.91 Å². The SMILES string of the molecule is O=C(c1ccc(CSc2ccccc2)cc1)N1CCN(c2nccs2)CC1. The molecule has 1 saturated heterocycles. The lowest BCUT2D eigenvalue weighted by Crippen LogP contribution is -2.48. The first-order chi connectivity index (χ1) is 13.3. The van der Waals surface area contributed by atoms with Crippen LogP contribution < -0.4 is 4.90 Å². The summed E-state index contributed by atoms with van der Waals surface area (Å²) >= 11 is 3.46. The Hall–Kier alpha value is -2.31. The summed E-state index contributed by atoms with van der Waals surface area (Å²) in [7, 11) is 0. The molecule has 3 aromatic rings. The first kappa shape index (κ1) is 18.1. The molecule has 6 heteroatoms. The molecule has 4 nitrogen and oxygen atoms in total. The number of carbonyl (C=O) groups is 1. The van der Waals surface area contributed by atoms with E-state index in [0.717, 1.165) is 42.6 Å². The van der Waals surface area contributed by atoms with Crippen molar-refractivity contribution >= 4 is 34.1 Å². The third-order valence-corrected chi connectivity index (χ3v) is 6.52. The number of carbonyl (C=O) groups excluding carboxylic acids is 1. The van der Waals surface area contributed by atoms with Gasteiger partial charge < -0.3 is 9.80 Å². The number of nitrogens with zero attached hydrogens (tertiary/aromatic N) is 3. The quantitative estimate of drug-likeness (QED) is 0.600. The van der Waals surface area contributed by atoms with Gasteiger partial charge in [0.25, 0.3) is 5.91 Å². The van der Waals surface area contributed by atoms with Crippen LogP contribution in [0.2, 0.25) is 0 Å². The second-order valence-corrected chi connectivity index (χ2v) is 8.31. The third kappa shape index (κ3) is 4.51. The van der Waals surface area contributed by atoms with Crippen molar-refractivity contribution in [1.82, 2.24) is 9.88 Å². The van der Waals surface area contributed by atoms with E-state index in [2.05, 4.69) is 46.3 Å². The lowest BCUT2D eigenvalue weighted by molar-refractivity contribution is 0.0747. The second kappa shape index (κ2) is 8.59. The topological polar surface area (TPSA) is 36.4 Å². The van der Waals surface area contributed by atoms with Crippen LogP contribution in [0, 0.1) is 0 Å². The fourth-order valence-electron chi connectivity index (χ4n) is 3.08. The molecule has 1 fully saturated rings. The normalized spacial score (nSPS) is 14.4. The molecular formula is C21H21N3OS2. The molecule has 0 N–H and O–H groups in total. The average molecular weight is 396 g/mol. The molecular weight excluding hydrogens is 374 g/mol. The molecule has 2 heterocycles. The third-order valence-electron chi connectivity index (χ3n) is 4.61. The number of anilines is 1. The number of thioether (sulfide) groups is 1. The van der Waals surface area contributed by atoms with Crippen LogP contribution in [0.1, 0.15) is 15.9 Å². The van der Waals surface area contributed by atoms with Crippen molar-refractivity contribution in [3.8, 4) is 0 Å². The van der Waals surface area contributed by atoms with Crippen LogP contribution in [0.4, 0.5) is 5.13 Å². The minimum atomic E-state index is 0.121. The van der Waals surface area contributed by atoms with Gasteiger partial charge in [0.15, 0.2) is 5.13 Å². The maximum Gasteiger partial charge on any atom is 0.253 e. The van der Waals surface area contributed by atoms with Crippen molar-refractivity contribution in [1.29, 1.82) is 0 Å². The molecule has 1 amide bonds. The van der Waals surface area contributed by atoms with Gasteiger partial charge in [-0.05, 0) is 29.8 Å². The predicted molar refractivity (Wildman–Crippen MR) is 113 cm³/mol. The Balaban J connectivity index is 1.31. The number of hydrogen-bond acceptors (Lipinski definition) is 5. The molecule has 0 spiro atoms. The van der Waals surface area contributed by atoms with Gasteiger partial charge in [-0.15, -0.1) is 23.1 Å². The Kier molecular flexibility index (Phi) is 5.75. The summed E-state index contributed by atoms with van der Waals surface area (Å²) in [5, 5.41) is 3.03. The van der Waals surface area contributed by atoms with Crippen molar-refractivity contribution in [3.63, 3.8) is 0 Å². The van der Waals surface area contributed by atoms with Crippen LogP contribution >= 0.6 is 23.1 Å². The summed E-state index contributed by atoms with van der Waals surface area (Å²) < 4.78 is 0.